The van der Waals surface area contributed by atoms with Crippen molar-refractivity contribution in [2.24, 2.45) is 11.7 Å². The summed E-state index contributed by atoms with van der Waals surface area (Å²) in [5, 5.41) is 7.92. The molecule has 5 N–H and O–H groups in total. The first-order chi connectivity index (χ1) is 11.3. The molecule has 0 aliphatic carbocycles. The molecule has 7 nitrogen and oxygen atoms in total. The molecule has 8 heteroatoms. The molecule has 0 saturated heterocycles. The van der Waals surface area contributed by atoms with E-state index in [1.807, 2.05) is 26.8 Å². The van der Waals surface area contributed by atoms with Crippen LogP contribution >= 0.6 is 12.4 Å². The number of nitrogens with one attached hydrogen (secondary N) is 3. The largest absolute Gasteiger partial charge is 0.352 e. The van der Waals surface area contributed by atoms with E-state index < -0.39 is 6.04 Å². The van der Waals surface area contributed by atoms with Crippen molar-refractivity contribution >= 4 is 30.1 Å². The van der Waals surface area contributed by atoms with Crippen LogP contribution in [-0.2, 0) is 16.1 Å². The molecule has 0 unspecified atom stereocenters. The zero-order valence-electron chi connectivity index (χ0n) is 14.8. The van der Waals surface area contributed by atoms with Crippen molar-refractivity contribution in [2.45, 2.75) is 33.4 Å². The van der Waals surface area contributed by atoms with E-state index in [-0.39, 0.29) is 49.1 Å². The molecule has 1 aromatic carbocycles. The van der Waals surface area contributed by atoms with E-state index in [2.05, 4.69) is 16.0 Å². The number of benzene rings is 1. The molecule has 1 aromatic rings. The van der Waals surface area contributed by atoms with Crippen LogP contribution in [0.3, 0.4) is 0 Å². The Hall–Kier alpha value is -2.12. The molecule has 1 rings (SSSR count). The summed E-state index contributed by atoms with van der Waals surface area (Å²) in [7, 11) is 0. The topological polar surface area (TPSA) is 113 Å². The minimum Gasteiger partial charge on any atom is -0.352 e. The lowest BCUT2D eigenvalue weighted by molar-refractivity contribution is -0.127. The van der Waals surface area contributed by atoms with Crippen LogP contribution in [0.1, 0.15) is 36.7 Å². The van der Waals surface area contributed by atoms with Crippen molar-refractivity contribution in [3.05, 3.63) is 35.4 Å². The monoisotopic (exact) mass is 370 g/mol. The highest BCUT2D eigenvalue weighted by atomic mass is 35.5. The van der Waals surface area contributed by atoms with Gasteiger partial charge in [0, 0.05) is 18.7 Å². The second kappa shape index (κ2) is 11.4. The molecule has 0 aliphatic heterocycles. The number of amides is 3. The van der Waals surface area contributed by atoms with Crippen LogP contribution in [-0.4, -0.2) is 36.9 Å². The van der Waals surface area contributed by atoms with Gasteiger partial charge in [-0.1, -0.05) is 26.0 Å². The van der Waals surface area contributed by atoms with Gasteiger partial charge in [0.2, 0.25) is 11.8 Å². The maximum Gasteiger partial charge on any atom is 0.251 e. The summed E-state index contributed by atoms with van der Waals surface area (Å²) in [6.45, 7) is 6.23. The molecular weight excluding hydrogens is 344 g/mol. The average molecular weight is 371 g/mol. The molecule has 140 valence electrons. The van der Waals surface area contributed by atoms with Gasteiger partial charge in [-0.05, 0) is 30.5 Å². The van der Waals surface area contributed by atoms with Crippen molar-refractivity contribution in [1.29, 1.82) is 0 Å². The normalized spacial score (nSPS) is 11.2. The van der Waals surface area contributed by atoms with Crippen LogP contribution in [0.4, 0.5) is 0 Å². The highest BCUT2D eigenvalue weighted by Gasteiger charge is 2.17. The Kier molecular flexibility index (Phi) is 10.5. The molecule has 0 saturated carbocycles. The van der Waals surface area contributed by atoms with Gasteiger partial charge in [-0.25, -0.2) is 0 Å². The van der Waals surface area contributed by atoms with Crippen molar-refractivity contribution in [2.75, 3.05) is 13.1 Å². The third-order valence-corrected chi connectivity index (χ3v) is 3.46. The summed E-state index contributed by atoms with van der Waals surface area (Å²) in [6, 6.07) is 6.38. The van der Waals surface area contributed by atoms with E-state index in [4.69, 9.17) is 5.73 Å². The van der Waals surface area contributed by atoms with E-state index >= 15 is 0 Å². The standard InChI is InChI=1S/C17H26N4O3.ClH/c1-4-19-16(23)13-7-5-6-12(8-13)9-20-14(22)10-21-17(24)15(18)11(2)3;/h5-8,11,15H,4,9-10,18H2,1-3H3,(H,19,23)(H,20,22)(H,21,24);1H/t15-;/m0./s1. The van der Waals surface area contributed by atoms with Crippen molar-refractivity contribution < 1.29 is 14.4 Å². The Morgan fingerprint density at radius 1 is 1.12 bits per heavy atom. The lowest BCUT2D eigenvalue weighted by Crippen LogP contribution is -2.47. The van der Waals surface area contributed by atoms with Gasteiger partial charge in [0.15, 0.2) is 0 Å². The van der Waals surface area contributed by atoms with Crippen molar-refractivity contribution in [1.82, 2.24) is 16.0 Å². The summed E-state index contributed by atoms with van der Waals surface area (Å²) in [4.78, 5) is 35.2. The Labute approximate surface area is 154 Å². The number of hydrogen-bond donors (Lipinski definition) is 4. The molecule has 0 bridgehead atoms. The lowest BCUT2D eigenvalue weighted by atomic mass is 10.1. The smallest absolute Gasteiger partial charge is 0.251 e. The van der Waals surface area contributed by atoms with E-state index in [9.17, 15) is 14.4 Å². The fraction of sp³-hybridized carbons (Fsp3) is 0.471. The number of rotatable bonds is 8. The first-order valence-electron chi connectivity index (χ1n) is 8.02. The minimum atomic E-state index is -0.633. The Balaban J connectivity index is 0.00000576. The highest BCUT2D eigenvalue weighted by Crippen LogP contribution is 2.05. The van der Waals surface area contributed by atoms with E-state index in [1.165, 1.54) is 0 Å². The van der Waals surface area contributed by atoms with Crippen LogP contribution in [0.2, 0.25) is 0 Å². The molecule has 0 aliphatic rings. The van der Waals surface area contributed by atoms with E-state index in [0.29, 0.717) is 12.1 Å². The molecule has 25 heavy (non-hydrogen) atoms. The molecular formula is C17H27ClN4O3. The van der Waals surface area contributed by atoms with Crippen LogP contribution in [0, 0.1) is 5.92 Å². The van der Waals surface area contributed by atoms with Crippen LogP contribution in [0.25, 0.3) is 0 Å². The Morgan fingerprint density at radius 2 is 1.80 bits per heavy atom. The fourth-order valence-corrected chi connectivity index (χ4v) is 1.94. The third kappa shape index (κ3) is 8.00. The highest BCUT2D eigenvalue weighted by molar-refractivity contribution is 5.94. The lowest BCUT2D eigenvalue weighted by Gasteiger charge is -2.15. The summed E-state index contributed by atoms with van der Waals surface area (Å²) in [5.74, 6) is -0.813. The molecule has 3 amide bonds. The predicted molar refractivity (Wildman–Crippen MR) is 99.4 cm³/mol. The van der Waals surface area contributed by atoms with Gasteiger partial charge >= 0.3 is 0 Å². The van der Waals surface area contributed by atoms with Crippen LogP contribution < -0.4 is 21.7 Å². The Bertz CT molecular complexity index is 593. The first-order valence-corrected chi connectivity index (χ1v) is 8.02. The quantitative estimate of drug-likeness (QED) is 0.535. The molecule has 1 atom stereocenters. The maximum absolute atomic E-state index is 11.8. The number of halogens is 1. The third-order valence-electron chi connectivity index (χ3n) is 3.46. The number of hydrogen-bond acceptors (Lipinski definition) is 4. The maximum atomic E-state index is 11.8. The van der Waals surface area contributed by atoms with Crippen LogP contribution in [0.15, 0.2) is 24.3 Å². The number of carbonyl (C=O) groups is 3. The second-order valence-corrected chi connectivity index (χ2v) is 5.82. The molecule has 0 spiro atoms. The van der Waals surface area contributed by atoms with Gasteiger partial charge in [-0.3, -0.25) is 14.4 Å². The summed E-state index contributed by atoms with van der Waals surface area (Å²) in [5.41, 5.74) is 7.04. The zero-order chi connectivity index (χ0) is 18.1. The molecule has 0 fully saturated rings. The van der Waals surface area contributed by atoms with Gasteiger partial charge in [-0.2, -0.15) is 0 Å². The van der Waals surface area contributed by atoms with Crippen LogP contribution in [0.5, 0.6) is 0 Å². The molecule has 0 heterocycles. The summed E-state index contributed by atoms with van der Waals surface area (Å²) in [6.07, 6.45) is 0. The first kappa shape index (κ1) is 22.9. The van der Waals surface area contributed by atoms with Crippen molar-refractivity contribution in [3.63, 3.8) is 0 Å². The minimum absolute atomic E-state index is 0. The van der Waals surface area contributed by atoms with E-state index in [1.54, 1.807) is 18.2 Å². The summed E-state index contributed by atoms with van der Waals surface area (Å²) >= 11 is 0. The number of nitrogens with two attached hydrogens (primary N) is 1. The Morgan fingerprint density at radius 3 is 2.40 bits per heavy atom. The molecule has 0 radical (unpaired) electrons. The average Bonchev–Trinajstić information content (AvgIpc) is 2.57. The summed E-state index contributed by atoms with van der Waals surface area (Å²) < 4.78 is 0. The molecule has 0 aromatic heterocycles. The number of carbonyl (C=O) groups excluding carboxylic acids is 3. The van der Waals surface area contributed by atoms with Gasteiger partial charge in [0.1, 0.15) is 0 Å². The van der Waals surface area contributed by atoms with Gasteiger partial charge in [0.25, 0.3) is 5.91 Å². The fourth-order valence-electron chi connectivity index (χ4n) is 1.94. The van der Waals surface area contributed by atoms with Gasteiger partial charge in [-0.15, -0.1) is 12.4 Å². The van der Waals surface area contributed by atoms with Gasteiger partial charge in [0.05, 0.1) is 12.6 Å². The predicted octanol–water partition coefficient (Wildman–Crippen LogP) is 0.574. The SMILES string of the molecule is CCNC(=O)c1cccc(CNC(=O)CNC(=O)[C@@H](N)C(C)C)c1.Cl. The second-order valence-electron chi connectivity index (χ2n) is 5.82. The van der Waals surface area contributed by atoms with E-state index in [0.717, 1.165) is 5.56 Å². The van der Waals surface area contributed by atoms with Crippen molar-refractivity contribution in [3.8, 4) is 0 Å². The van der Waals surface area contributed by atoms with Gasteiger partial charge < -0.3 is 21.7 Å². The zero-order valence-corrected chi connectivity index (χ0v) is 15.6.